The summed E-state index contributed by atoms with van der Waals surface area (Å²) >= 11 is 0. The van der Waals surface area contributed by atoms with Crippen molar-refractivity contribution in [3.05, 3.63) is 212 Å². The Balaban J connectivity index is 1.10. The highest BCUT2D eigenvalue weighted by molar-refractivity contribution is 8.34. The summed E-state index contributed by atoms with van der Waals surface area (Å²) in [5, 5.41) is 5.10. The summed E-state index contributed by atoms with van der Waals surface area (Å²) in [7, 11) is -1.96. The van der Waals surface area contributed by atoms with E-state index in [0.717, 1.165) is 22.3 Å². The molecule has 0 bridgehead atoms. The van der Waals surface area contributed by atoms with Crippen LogP contribution in [0.4, 0.5) is 0 Å². The lowest BCUT2D eigenvalue weighted by atomic mass is 9.99. The lowest BCUT2D eigenvalue weighted by Gasteiger charge is -2.41. The number of benzene rings is 9. The van der Waals surface area contributed by atoms with Crippen LogP contribution in [0.2, 0.25) is 0 Å². The summed E-state index contributed by atoms with van der Waals surface area (Å²) < 4.78 is 0. The molecule has 0 spiro atoms. The first-order chi connectivity index (χ1) is 28.3. The maximum Gasteiger partial charge on any atom is 0.164 e. The van der Waals surface area contributed by atoms with E-state index in [-0.39, 0.29) is 0 Å². The van der Waals surface area contributed by atoms with E-state index in [1.165, 1.54) is 57.8 Å². The average Bonchev–Trinajstić information content (AvgIpc) is 3.59. The maximum atomic E-state index is 4.99. The van der Waals surface area contributed by atoms with Crippen molar-refractivity contribution in [3.63, 3.8) is 0 Å². The molecule has 1 aliphatic heterocycles. The van der Waals surface area contributed by atoms with Gasteiger partial charge in [0.2, 0.25) is 0 Å². The third-order valence-electron chi connectivity index (χ3n) is 11.2. The van der Waals surface area contributed by atoms with Crippen LogP contribution in [-0.4, -0.2) is 15.0 Å². The second-order valence-electron chi connectivity index (χ2n) is 14.4. The Hall–Kier alpha value is -7.14. The summed E-state index contributed by atoms with van der Waals surface area (Å²) in [5.41, 5.74) is 7.78. The van der Waals surface area contributed by atoms with Crippen molar-refractivity contribution in [1.82, 2.24) is 15.0 Å². The Bertz CT molecular complexity index is 2980. The van der Waals surface area contributed by atoms with E-state index in [4.69, 9.17) is 15.0 Å². The van der Waals surface area contributed by atoms with Gasteiger partial charge in [-0.25, -0.2) is 15.0 Å². The van der Waals surface area contributed by atoms with E-state index in [1.54, 1.807) is 0 Å². The van der Waals surface area contributed by atoms with Crippen LogP contribution in [0.25, 0.3) is 78.0 Å². The molecule has 0 radical (unpaired) electrons. The fourth-order valence-corrected chi connectivity index (χ4v) is 13.1. The number of hydrogen-bond donors (Lipinski definition) is 0. The second kappa shape index (κ2) is 13.6. The average molecular weight is 746 g/mol. The highest BCUT2D eigenvalue weighted by Crippen LogP contribution is 2.81. The number of aromatic nitrogens is 3. The molecule has 9 aromatic carbocycles. The van der Waals surface area contributed by atoms with Gasteiger partial charge in [-0.15, -0.1) is 10.0 Å². The van der Waals surface area contributed by atoms with Crippen molar-refractivity contribution >= 4 is 31.6 Å². The minimum atomic E-state index is -1.96. The van der Waals surface area contributed by atoms with Gasteiger partial charge < -0.3 is 0 Å². The maximum absolute atomic E-state index is 4.99. The smallest absolute Gasteiger partial charge is 0.164 e. The van der Waals surface area contributed by atoms with E-state index in [1.807, 2.05) is 60.7 Å². The second-order valence-corrected chi connectivity index (χ2v) is 17.4. The monoisotopic (exact) mass is 745 g/mol. The molecule has 11 rings (SSSR count). The Morgan fingerprint density at radius 3 is 1.25 bits per heavy atom. The summed E-state index contributed by atoms with van der Waals surface area (Å²) in [6, 6.07) is 76.7. The fourth-order valence-electron chi connectivity index (χ4n) is 8.52. The molecule has 0 saturated carbocycles. The first-order valence-electron chi connectivity index (χ1n) is 19.3. The summed E-state index contributed by atoms with van der Waals surface area (Å²) in [6.45, 7) is 0. The summed E-state index contributed by atoms with van der Waals surface area (Å²) in [5.74, 6) is 1.96. The van der Waals surface area contributed by atoms with Gasteiger partial charge in [-0.05, 0) is 68.1 Å². The molecule has 4 heteroatoms. The van der Waals surface area contributed by atoms with Crippen LogP contribution in [-0.2, 0) is 0 Å². The molecule has 3 nitrogen and oxygen atoms in total. The minimum absolute atomic E-state index is 0.647. The van der Waals surface area contributed by atoms with Crippen molar-refractivity contribution in [3.8, 4) is 56.4 Å². The number of fused-ring (bicyclic) bond motifs is 5. The van der Waals surface area contributed by atoms with Crippen LogP contribution in [0.3, 0.4) is 0 Å². The van der Waals surface area contributed by atoms with Gasteiger partial charge in [0.25, 0.3) is 0 Å². The zero-order chi connectivity index (χ0) is 37.8. The topological polar surface area (TPSA) is 38.7 Å². The van der Waals surface area contributed by atoms with Gasteiger partial charge in [-0.2, -0.15) is 0 Å². The molecule has 1 aromatic heterocycles. The van der Waals surface area contributed by atoms with E-state index in [9.17, 15) is 0 Å². The van der Waals surface area contributed by atoms with Gasteiger partial charge in [0.05, 0.1) is 0 Å². The molecule has 0 saturated heterocycles. The third kappa shape index (κ3) is 5.41. The quantitative estimate of drug-likeness (QED) is 0.170. The third-order valence-corrected chi connectivity index (χ3v) is 15.2. The molecular formula is C53H35N3S. The predicted octanol–water partition coefficient (Wildman–Crippen LogP) is 14.2. The van der Waals surface area contributed by atoms with E-state index in [2.05, 4.69) is 152 Å². The first kappa shape index (κ1) is 33.2. The lowest BCUT2D eigenvalue weighted by Crippen LogP contribution is -2.04. The number of rotatable bonds is 6. The number of hydrogen-bond acceptors (Lipinski definition) is 3. The zero-order valence-corrected chi connectivity index (χ0v) is 31.8. The summed E-state index contributed by atoms with van der Waals surface area (Å²) in [6.07, 6.45) is 0. The van der Waals surface area contributed by atoms with E-state index < -0.39 is 10.0 Å². The molecule has 57 heavy (non-hydrogen) atoms. The van der Waals surface area contributed by atoms with Crippen molar-refractivity contribution in [1.29, 1.82) is 0 Å². The van der Waals surface area contributed by atoms with Gasteiger partial charge >= 0.3 is 0 Å². The highest BCUT2D eigenvalue weighted by Gasteiger charge is 2.43. The van der Waals surface area contributed by atoms with Gasteiger partial charge in [0, 0.05) is 36.3 Å². The molecule has 0 atom stereocenters. The molecule has 0 unspecified atom stereocenters. The Kier molecular flexibility index (Phi) is 7.90. The Labute approximate surface area is 333 Å². The zero-order valence-electron chi connectivity index (χ0n) is 31.0. The molecule has 268 valence electrons. The fraction of sp³-hybridized carbons (Fsp3) is 0. The van der Waals surface area contributed by atoms with Crippen LogP contribution in [0.1, 0.15) is 0 Å². The SMILES string of the molecule is c1ccc(-c2nc(-c3ccccc3)nc(-c3ccc(-c4ccc5c(c4)S(c4cccc6ccccc46)(c4cccc6ccccc46)c4ccccc4-5)cc3)n2)cc1. The molecule has 0 aliphatic carbocycles. The number of nitrogens with zero attached hydrogens (tertiary/aromatic N) is 3. The molecule has 10 aromatic rings. The lowest BCUT2D eigenvalue weighted by molar-refractivity contribution is 1.07. The van der Waals surface area contributed by atoms with Crippen molar-refractivity contribution in [2.45, 2.75) is 19.6 Å². The van der Waals surface area contributed by atoms with E-state index in [0.29, 0.717) is 17.5 Å². The van der Waals surface area contributed by atoms with Crippen LogP contribution >= 0.6 is 10.0 Å². The summed E-state index contributed by atoms with van der Waals surface area (Å²) in [4.78, 5) is 20.4. The van der Waals surface area contributed by atoms with E-state index >= 15 is 0 Å². The van der Waals surface area contributed by atoms with Crippen molar-refractivity contribution in [2.24, 2.45) is 0 Å². The van der Waals surface area contributed by atoms with Crippen molar-refractivity contribution in [2.75, 3.05) is 0 Å². The standard InChI is InChI=1S/C53H35N3S/c1-3-17-39(18-4-1)51-54-52(40-19-5-2-6-20-40)56-53(55-51)41-31-29-36(30-32-41)42-33-34-46-45-25-11-12-26-49(45)57(50(46)35-42,47-27-13-21-37-15-7-9-23-43(37)47)48-28-14-22-38-16-8-10-24-44(38)48/h1-35H. The molecule has 0 fully saturated rings. The van der Waals surface area contributed by atoms with Crippen LogP contribution in [0.5, 0.6) is 0 Å². The Morgan fingerprint density at radius 1 is 0.263 bits per heavy atom. The van der Waals surface area contributed by atoms with Crippen LogP contribution in [0.15, 0.2) is 232 Å². The van der Waals surface area contributed by atoms with Gasteiger partial charge in [-0.3, -0.25) is 0 Å². The van der Waals surface area contributed by atoms with Gasteiger partial charge in [0.1, 0.15) is 0 Å². The molecular weight excluding hydrogens is 711 g/mol. The molecule has 1 aliphatic rings. The molecule has 0 amide bonds. The highest BCUT2D eigenvalue weighted by atomic mass is 32.3. The van der Waals surface area contributed by atoms with Crippen molar-refractivity contribution < 1.29 is 0 Å². The normalized spacial score (nSPS) is 13.3. The largest absolute Gasteiger partial charge is 0.208 e. The van der Waals surface area contributed by atoms with Crippen LogP contribution in [0, 0.1) is 0 Å². The van der Waals surface area contributed by atoms with Gasteiger partial charge in [0.15, 0.2) is 17.5 Å². The minimum Gasteiger partial charge on any atom is -0.208 e. The molecule has 0 N–H and O–H groups in total. The Morgan fingerprint density at radius 2 is 0.667 bits per heavy atom. The molecule has 2 heterocycles. The first-order valence-corrected chi connectivity index (χ1v) is 20.9. The van der Waals surface area contributed by atoms with Crippen LogP contribution < -0.4 is 0 Å². The predicted molar refractivity (Wildman–Crippen MR) is 236 cm³/mol. The van der Waals surface area contributed by atoms with Gasteiger partial charge in [-0.1, -0.05) is 188 Å².